The highest BCUT2D eigenvalue weighted by molar-refractivity contribution is 8.00. The molecule has 2 aromatic rings. The Bertz CT molecular complexity index is 858. The van der Waals surface area contributed by atoms with Crippen LogP contribution in [0.25, 0.3) is 0 Å². The zero-order valence-electron chi connectivity index (χ0n) is 17.7. The quantitative estimate of drug-likeness (QED) is 0.472. The number of benzene rings is 2. The molecule has 0 aliphatic rings. The van der Waals surface area contributed by atoms with Gasteiger partial charge in [0.05, 0.1) is 13.2 Å². The largest absolute Gasteiger partial charge is 0.493 e. The first-order valence-corrected chi connectivity index (χ1v) is 10.6. The van der Waals surface area contributed by atoms with Gasteiger partial charge in [-0.1, -0.05) is 32.0 Å². The fourth-order valence-electron chi connectivity index (χ4n) is 2.90. The molecule has 3 N–H and O–H groups in total. The first-order chi connectivity index (χ1) is 14.6. The monoisotopic (exact) mass is 456 g/mol. The van der Waals surface area contributed by atoms with Crippen molar-refractivity contribution in [1.29, 1.82) is 0 Å². The number of alkyl halides is 3. The molecule has 1 amide bonds. The summed E-state index contributed by atoms with van der Waals surface area (Å²) in [5.41, 5.74) is 2.78. The zero-order valence-corrected chi connectivity index (χ0v) is 18.5. The van der Waals surface area contributed by atoms with Crippen molar-refractivity contribution < 1.29 is 27.4 Å². The molecule has 0 radical (unpaired) electrons. The number of primary amides is 1. The van der Waals surface area contributed by atoms with Crippen LogP contribution in [0.1, 0.15) is 31.4 Å². The van der Waals surface area contributed by atoms with Crippen LogP contribution >= 0.6 is 11.8 Å². The van der Waals surface area contributed by atoms with Crippen molar-refractivity contribution in [1.82, 2.24) is 5.32 Å². The number of nitrogens with two attached hydrogens (primary N) is 1. The fourth-order valence-corrected chi connectivity index (χ4v) is 3.44. The third-order valence-corrected chi connectivity index (χ3v) is 5.12. The molecule has 0 bridgehead atoms. The van der Waals surface area contributed by atoms with E-state index < -0.39 is 11.6 Å². The number of halogens is 3. The molecule has 0 aliphatic carbocycles. The van der Waals surface area contributed by atoms with Crippen LogP contribution in [0.2, 0.25) is 0 Å². The summed E-state index contributed by atoms with van der Waals surface area (Å²) >= 11 is -0.153. The highest BCUT2D eigenvalue weighted by Crippen LogP contribution is 2.37. The lowest BCUT2D eigenvalue weighted by Crippen LogP contribution is -2.41. The second-order valence-corrected chi connectivity index (χ2v) is 8.57. The number of rotatable bonds is 11. The van der Waals surface area contributed by atoms with E-state index in [0.29, 0.717) is 30.4 Å². The van der Waals surface area contributed by atoms with Gasteiger partial charge in [0.15, 0.2) is 11.5 Å². The first kappa shape index (κ1) is 24.9. The summed E-state index contributed by atoms with van der Waals surface area (Å²) < 4.78 is 48.4. The minimum absolute atomic E-state index is 0.123. The molecule has 2 rings (SSSR count). The lowest BCUT2D eigenvalue weighted by atomic mass is 10.0. The lowest BCUT2D eigenvalue weighted by Gasteiger charge is -2.18. The number of hydrogen-bond acceptors (Lipinski definition) is 5. The molecule has 0 aliphatic heterocycles. The van der Waals surface area contributed by atoms with Crippen molar-refractivity contribution in [3.8, 4) is 11.5 Å². The van der Waals surface area contributed by atoms with Crippen LogP contribution in [-0.2, 0) is 17.9 Å². The highest BCUT2D eigenvalue weighted by atomic mass is 32.2. The smallest absolute Gasteiger partial charge is 0.446 e. The fraction of sp³-hybridized carbons (Fsp3) is 0.409. The molecule has 0 heterocycles. The van der Waals surface area contributed by atoms with E-state index in [2.05, 4.69) is 5.32 Å². The molecular weight excluding hydrogens is 429 g/mol. The highest BCUT2D eigenvalue weighted by Gasteiger charge is 2.29. The van der Waals surface area contributed by atoms with Gasteiger partial charge in [-0.2, -0.15) is 13.2 Å². The minimum atomic E-state index is -4.31. The van der Waals surface area contributed by atoms with Crippen LogP contribution in [0.3, 0.4) is 0 Å². The van der Waals surface area contributed by atoms with Crippen molar-refractivity contribution >= 4 is 17.7 Å². The van der Waals surface area contributed by atoms with Crippen LogP contribution in [0.15, 0.2) is 47.4 Å². The van der Waals surface area contributed by atoms with E-state index in [4.69, 9.17) is 15.2 Å². The van der Waals surface area contributed by atoms with E-state index in [1.165, 1.54) is 19.2 Å². The minimum Gasteiger partial charge on any atom is -0.493 e. The third kappa shape index (κ3) is 8.70. The van der Waals surface area contributed by atoms with Gasteiger partial charge in [-0.25, -0.2) is 0 Å². The summed E-state index contributed by atoms with van der Waals surface area (Å²) in [6.45, 7) is 4.67. The topological polar surface area (TPSA) is 73.6 Å². The summed E-state index contributed by atoms with van der Waals surface area (Å²) in [5, 5.41) is 3.16. The van der Waals surface area contributed by atoms with Gasteiger partial charge >= 0.3 is 5.51 Å². The van der Waals surface area contributed by atoms with Gasteiger partial charge in [-0.15, -0.1) is 0 Å². The molecule has 170 valence electrons. The number of carbonyl (C=O) groups excluding carboxylic acids is 1. The Kier molecular flexibility index (Phi) is 9.06. The van der Waals surface area contributed by atoms with Crippen molar-refractivity contribution in [2.24, 2.45) is 11.7 Å². The number of thioether (sulfide) groups is 1. The van der Waals surface area contributed by atoms with Crippen molar-refractivity contribution in [2.45, 2.75) is 49.9 Å². The lowest BCUT2D eigenvalue weighted by molar-refractivity contribution is -0.120. The Morgan fingerprint density at radius 1 is 1.10 bits per heavy atom. The normalized spacial score (nSPS) is 12.6. The maximum absolute atomic E-state index is 12.4. The Labute approximate surface area is 184 Å². The van der Waals surface area contributed by atoms with Gasteiger partial charge in [-0.05, 0) is 59.5 Å². The van der Waals surface area contributed by atoms with Gasteiger partial charge in [0, 0.05) is 11.4 Å². The predicted molar refractivity (Wildman–Crippen MR) is 115 cm³/mol. The van der Waals surface area contributed by atoms with Crippen molar-refractivity contribution in [3.05, 3.63) is 53.6 Å². The molecular formula is C22H27F3N2O3S. The molecule has 0 saturated heterocycles. The summed E-state index contributed by atoms with van der Waals surface area (Å²) in [5.74, 6) is 0.966. The number of nitrogens with one attached hydrogen (secondary N) is 1. The number of methoxy groups -OCH3 is 1. The van der Waals surface area contributed by atoms with E-state index in [1.807, 2.05) is 19.9 Å². The molecule has 9 heteroatoms. The van der Waals surface area contributed by atoms with Crippen molar-refractivity contribution in [2.75, 3.05) is 7.11 Å². The molecule has 0 aromatic heterocycles. The maximum atomic E-state index is 12.4. The van der Waals surface area contributed by atoms with E-state index in [9.17, 15) is 18.0 Å². The molecule has 0 fully saturated rings. The Morgan fingerprint density at radius 2 is 1.74 bits per heavy atom. The average molecular weight is 457 g/mol. The molecule has 0 saturated carbocycles. The first-order valence-electron chi connectivity index (χ1n) is 9.74. The van der Waals surface area contributed by atoms with Crippen LogP contribution < -0.4 is 20.5 Å². The van der Waals surface area contributed by atoms with E-state index in [0.717, 1.165) is 11.1 Å². The summed E-state index contributed by atoms with van der Waals surface area (Å²) in [6, 6.07) is 11.0. The molecule has 5 nitrogen and oxygen atoms in total. The third-order valence-electron chi connectivity index (χ3n) is 4.38. The Morgan fingerprint density at radius 3 is 2.29 bits per heavy atom. The summed E-state index contributed by atoms with van der Waals surface area (Å²) in [4.78, 5) is 11.7. The molecule has 0 spiro atoms. The number of carbonyl (C=O) groups is 1. The SMILES string of the molecule is COc1cc(CN[C@@H](CC(C)C)C(N)=O)ccc1OCc1ccc(SC(F)(F)F)cc1. The molecule has 0 unspecified atom stereocenters. The molecule has 31 heavy (non-hydrogen) atoms. The number of amides is 1. The summed E-state index contributed by atoms with van der Waals surface area (Å²) in [7, 11) is 1.52. The average Bonchev–Trinajstić information content (AvgIpc) is 2.69. The van der Waals surface area contributed by atoms with Gasteiger partial charge in [0.1, 0.15) is 6.61 Å². The van der Waals surface area contributed by atoms with Crippen LogP contribution in [0.5, 0.6) is 11.5 Å². The molecule has 2 aromatic carbocycles. The van der Waals surface area contributed by atoms with Crippen LogP contribution in [0.4, 0.5) is 13.2 Å². The Balaban J connectivity index is 1.97. The second-order valence-electron chi connectivity index (χ2n) is 7.43. The zero-order chi connectivity index (χ0) is 23.0. The standard InChI is InChI=1S/C22H27F3N2O3S/c1-14(2)10-18(21(26)28)27-12-16-6-9-19(20(11-16)29-3)30-13-15-4-7-17(8-5-15)31-22(23,24)25/h4-9,11,14,18,27H,10,12-13H2,1-3H3,(H2,26,28)/t18-/m0/s1. The van der Waals surface area contributed by atoms with Crippen LogP contribution in [0, 0.1) is 5.92 Å². The van der Waals surface area contributed by atoms with Gasteiger partial charge in [0.2, 0.25) is 5.91 Å². The maximum Gasteiger partial charge on any atom is 0.446 e. The number of ether oxygens (including phenoxy) is 2. The van der Waals surface area contributed by atoms with Crippen LogP contribution in [-0.4, -0.2) is 24.6 Å². The van der Waals surface area contributed by atoms with Gasteiger partial charge in [-0.3, -0.25) is 4.79 Å². The van der Waals surface area contributed by atoms with E-state index >= 15 is 0 Å². The Hall–Kier alpha value is -2.39. The van der Waals surface area contributed by atoms with Gasteiger partial charge in [0.25, 0.3) is 0 Å². The van der Waals surface area contributed by atoms with E-state index in [-0.39, 0.29) is 29.2 Å². The van der Waals surface area contributed by atoms with E-state index in [1.54, 1.807) is 24.3 Å². The summed E-state index contributed by atoms with van der Waals surface area (Å²) in [6.07, 6.45) is 0.647. The van der Waals surface area contributed by atoms with Crippen molar-refractivity contribution in [3.63, 3.8) is 0 Å². The van der Waals surface area contributed by atoms with Gasteiger partial charge < -0.3 is 20.5 Å². The molecule has 1 atom stereocenters. The predicted octanol–water partition coefficient (Wildman–Crippen LogP) is 4.88. The second kappa shape index (κ2) is 11.3. The number of hydrogen-bond donors (Lipinski definition) is 2.